The first-order valence-electron chi connectivity index (χ1n) is 15.7. The maximum atomic E-state index is 14.9. The molecule has 48 heavy (non-hydrogen) atoms. The fourth-order valence-electron chi connectivity index (χ4n) is 5.94. The van der Waals surface area contributed by atoms with E-state index in [9.17, 15) is 39.5 Å². The van der Waals surface area contributed by atoms with Gasteiger partial charge in [-0.15, -0.1) is 0 Å². The summed E-state index contributed by atoms with van der Waals surface area (Å²) in [6.45, 7) is 2.00. The third-order valence-corrected chi connectivity index (χ3v) is 8.57. The smallest absolute Gasteiger partial charge is 0.429 e. The average Bonchev–Trinajstić information content (AvgIpc) is 3.03. The Balaban J connectivity index is 1.21. The SMILES string of the molecule is CCCCCc1ccc(C(F)(F)Oc2cc(F)c(C#CC3CCC(c4ccc(-c5cc(F)c(F)c(F)c5)c(F)c4)CC3)c(F)c2)c(F)c1. The van der Waals surface area contributed by atoms with Crippen LogP contribution in [0.15, 0.2) is 60.7 Å². The molecule has 0 amide bonds. The van der Waals surface area contributed by atoms with Gasteiger partial charge >= 0.3 is 6.11 Å². The van der Waals surface area contributed by atoms with Crippen molar-refractivity contribution in [2.24, 2.45) is 5.92 Å². The van der Waals surface area contributed by atoms with Crippen LogP contribution in [0.3, 0.4) is 0 Å². The summed E-state index contributed by atoms with van der Waals surface area (Å²) in [5.41, 5.74) is -0.699. The Hall–Kier alpha value is -4.39. The highest BCUT2D eigenvalue weighted by atomic mass is 19.3. The second-order valence-electron chi connectivity index (χ2n) is 12.0. The molecule has 0 bridgehead atoms. The number of halogens is 9. The van der Waals surface area contributed by atoms with Crippen LogP contribution in [0.25, 0.3) is 11.1 Å². The zero-order chi connectivity index (χ0) is 34.6. The number of unbranched alkanes of at least 4 members (excludes halogenated alkanes) is 2. The van der Waals surface area contributed by atoms with Crippen molar-refractivity contribution < 1.29 is 44.3 Å². The topological polar surface area (TPSA) is 9.23 Å². The van der Waals surface area contributed by atoms with Crippen molar-refractivity contribution >= 4 is 0 Å². The molecule has 5 rings (SSSR count). The van der Waals surface area contributed by atoms with E-state index >= 15 is 0 Å². The van der Waals surface area contributed by atoms with Crippen molar-refractivity contribution in [1.29, 1.82) is 0 Å². The van der Waals surface area contributed by atoms with Crippen molar-refractivity contribution in [3.8, 4) is 28.7 Å². The highest BCUT2D eigenvalue weighted by Crippen LogP contribution is 2.38. The van der Waals surface area contributed by atoms with E-state index in [0.29, 0.717) is 55.4 Å². The van der Waals surface area contributed by atoms with E-state index in [-0.39, 0.29) is 23.0 Å². The van der Waals surface area contributed by atoms with Crippen LogP contribution in [-0.2, 0) is 12.5 Å². The minimum Gasteiger partial charge on any atom is -0.429 e. The summed E-state index contributed by atoms with van der Waals surface area (Å²) in [7, 11) is 0. The Kier molecular flexibility index (Phi) is 10.8. The monoisotopic (exact) mass is 674 g/mol. The van der Waals surface area contributed by atoms with Crippen LogP contribution < -0.4 is 4.74 Å². The molecule has 252 valence electrons. The predicted molar refractivity (Wildman–Crippen MR) is 164 cm³/mol. The summed E-state index contributed by atoms with van der Waals surface area (Å²) < 4.78 is 134. The fourth-order valence-corrected chi connectivity index (χ4v) is 5.94. The maximum absolute atomic E-state index is 14.9. The summed E-state index contributed by atoms with van der Waals surface area (Å²) in [5, 5.41) is 0. The molecule has 0 heterocycles. The number of alkyl halides is 2. The Bertz CT molecular complexity index is 1800. The highest BCUT2D eigenvalue weighted by Gasteiger charge is 2.38. The van der Waals surface area contributed by atoms with Gasteiger partial charge in [0.25, 0.3) is 0 Å². The molecule has 0 N–H and O–H groups in total. The lowest BCUT2D eigenvalue weighted by Gasteiger charge is -2.26. The number of hydrogen-bond donors (Lipinski definition) is 0. The van der Waals surface area contributed by atoms with Crippen molar-refractivity contribution in [2.45, 2.75) is 70.3 Å². The van der Waals surface area contributed by atoms with Gasteiger partial charge in [-0.1, -0.05) is 49.8 Å². The van der Waals surface area contributed by atoms with E-state index in [0.717, 1.165) is 43.5 Å². The van der Waals surface area contributed by atoms with E-state index in [2.05, 4.69) is 16.6 Å². The Morgan fingerprint density at radius 2 is 1.38 bits per heavy atom. The Morgan fingerprint density at radius 1 is 0.708 bits per heavy atom. The van der Waals surface area contributed by atoms with Gasteiger partial charge in [0, 0.05) is 23.6 Å². The van der Waals surface area contributed by atoms with E-state index < -0.39 is 63.7 Å². The molecule has 1 saturated carbocycles. The first-order valence-corrected chi connectivity index (χ1v) is 15.7. The van der Waals surface area contributed by atoms with Crippen LogP contribution in [0, 0.1) is 58.5 Å². The van der Waals surface area contributed by atoms with Gasteiger partial charge in [0.1, 0.15) is 29.0 Å². The van der Waals surface area contributed by atoms with Crippen LogP contribution in [0.2, 0.25) is 0 Å². The predicted octanol–water partition coefficient (Wildman–Crippen LogP) is 11.5. The third kappa shape index (κ3) is 8.00. The number of rotatable bonds is 9. The molecule has 1 fully saturated rings. The van der Waals surface area contributed by atoms with Gasteiger partial charge in [-0.05, 0) is 91.5 Å². The first kappa shape index (κ1) is 34.9. The molecule has 4 aromatic carbocycles. The quantitative estimate of drug-likeness (QED) is 0.0743. The fraction of sp³-hybridized carbons (Fsp3) is 0.316. The van der Waals surface area contributed by atoms with Gasteiger partial charge in [-0.2, -0.15) is 8.78 Å². The van der Waals surface area contributed by atoms with Crippen molar-refractivity contribution in [2.75, 3.05) is 0 Å². The van der Waals surface area contributed by atoms with Gasteiger partial charge < -0.3 is 4.74 Å². The van der Waals surface area contributed by atoms with Crippen LogP contribution >= 0.6 is 0 Å². The molecular weight excluding hydrogens is 643 g/mol. The normalized spacial score (nSPS) is 16.4. The molecule has 0 aliphatic heterocycles. The summed E-state index contributed by atoms with van der Waals surface area (Å²) in [5.74, 6) is -4.70. The maximum Gasteiger partial charge on any atom is 0.429 e. The molecule has 0 radical (unpaired) electrons. The minimum atomic E-state index is -4.20. The van der Waals surface area contributed by atoms with Crippen LogP contribution in [0.1, 0.15) is 80.0 Å². The van der Waals surface area contributed by atoms with Gasteiger partial charge in [0.15, 0.2) is 17.5 Å². The van der Waals surface area contributed by atoms with Crippen molar-refractivity contribution in [1.82, 2.24) is 0 Å². The molecular formula is C38H31F9O. The third-order valence-electron chi connectivity index (χ3n) is 8.57. The first-order chi connectivity index (χ1) is 22.9. The zero-order valence-electron chi connectivity index (χ0n) is 25.9. The van der Waals surface area contributed by atoms with Gasteiger partial charge in [0.2, 0.25) is 0 Å². The molecule has 10 heteroatoms. The standard InChI is InChI=1S/C38H31F9O/c1-2-3-4-5-23-9-15-30(34(42)16-23)38(46,47)48-27-20-32(40)29(33(41)21-27)13-8-22-6-10-24(11-7-22)25-12-14-28(31(39)17-25)26-18-35(43)37(45)36(44)19-26/h9,12,14-22,24H,2-7,10-11H2,1H3. The van der Waals surface area contributed by atoms with Gasteiger partial charge in [-0.3, -0.25) is 0 Å². The lowest BCUT2D eigenvalue weighted by Crippen LogP contribution is -2.23. The molecule has 4 aromatic rings. The number of ether oxygens (including phenoxy) is 1. The van der Waals surface area contributed by atoms with E-state index in [1.165, 1.54) is 18.2 Å². The minimum absolute atomic E-state index is 0.0676. The van der Waals surface area contributed by atoms with E-state index in [1.807, 2.05) is 6.92 Å². The van der Waals surface area contributed by atoms with Crippen molar-refractivity contribution in [3.05, 3.63) is 124 Å². The van der Waals surface area contributed by atoms with Gasteiger partial charge in [-0.25, -0.2) is 30.7 Å². The molecule has 0 atom stereocenters. The highest BCUT2D eigenvalue weighted by molar-refractivity contribution is 5.65. The zero-order valence-corrected chi connectivity index (χ0v) is 25.9. The number of hydrogen-bond acceptors (Lipinski definition) is 1. The molecule has 0 spiro atoms. The summed E-state index contributed by atoms with van der Waals surface area (Å²) in [6, 6.07) is 10.1. The molecule has 1 aliphatic carbocycles. The van der Waals surface area contributed by atoms with Crippen LogP contribution in [-0.4, -0.2) is 0 Å². The molecule has 1 nitrogen and oxygen atoms in total. The molecule has 0 aromatic heterocycles. The Labute approximate surface area is 272 Å². The second-order valence-corrected chi connectivity index (χ2v) is 12.0. The molecule has 0 unspecified atom stereocenters. The molecule has 1 aliphatic rings. The van der Waals surface area contributed by atoms with Crippen LogP contribution in [0.4, 0.5) is 39.5 Å². The lowest BCUT2D eigenvalue weighted by molar-refractivity contribution is -0.187. The lowest BCUT2D eigenvalue weighted by atomic mass is 9.78. The van der Waals surface area contributed by atoms with Gasteiger partial charge in [0.05, 0.1) is 11.1 Å². The Morgan fingerprint density at radius 3 is 1.98 bits per heavy atom. The molecule has 0 saturated heterocycles. The number of aryl methyl sites for hydroxylation is 1. The second kappa shape index (κ2) is 14.8. The van der Waals surface area contributed by atoms with Crippen molar-refractivity contribution in [3.63, 3.8) is 0 Å². The largest absolute Gasteiger partial charge is 0.429 e. The summed E-state index contributed by atoms with van der Waals surface area (Å²) in [4.78, 5) is 0. The summed E-state index contributed by atoms with van der Waals surface area (Å²) >= 11 is 0. The van der Waals surface area contributed by atoms with E-state index in [1.54, 1.807) is 6.07 Å². The van der Waals surface area contributed by atoms with Crippen LogP contribution in [0.5, 0.6) is 5.75 Å². The average molecular weight is 675 g/mol. The summed E-state index contributed by atoms with van der Waals surface area (Å²) in [6.07, 6.45) is 1.16. The van der Waals surface area contributed by atoms with E-state index in [4.69, 9.17) is 0 Å². The number of benzene rings is 4.